The lowest BCUT2D eigenvalue weighted by atomic mass is 10.1. The van der Waals surface area contributed by atoms with Crippen molar-refractivity contribution in [1.29, 1.82) is 0 Å². The Kier molecular flexibility index (Phi) is 1.81. The van der Waals surface area contributed by atoms with E-state index in [2.05, 4.69) is 16.3 Å². The first kappa shape index (κ1) is 7.91. The van der Waals surface area contributed by atoms with Crippen molar-refractivity contribution in [2.24, 2.45) is 0 Å². The molecule has 0 aliphatic rings. The van der Waals surface area contributed by atoms with E-state index >= 15 is 0 Å². The SMILES string of the molecule is Fc1cc(F)cc(-c2c[nH][c]n2)c1. The summed E-state index contributed by atoms with van der Waals surface area (Å²) >= 11 is 0. The summed E-state index contributed by atoms with van der Waals surface area (Å²) in [5.74, 6) is -1.23. The van der Waals surface area contributed by atoms with Gasteiger partial charge in [-0.1, -0.05) is 0 Å². The molecule has 4 heteroatoms. The van der Waals surface area contributed by atoms with Gasteiger partial charge in [-0.2, -0.15) is 0 Å². The second kappa shape index (κ2) is 2.97. The van der Waals surface area contributed by atoms with Crippen LogP contribution in [-0.2, 0) is 0 Å². The van der Waals surface area contributed by atoms with Gasteiger partial charge in [-0.05, 0) is 12.1 Å². The zero-order chi connectivity index (χ0) is 9.26. The molecular weight excluding hydrogens is 174 g/mol. The van der Waals surface area contributed by atoms with Crippen molar-refractivity contribution in [2.75, 3.05) is 0 Å². The number of H-pyrrole nitrogens is 1. The van der Waals surface area contributed by atoms with Crippen molar-refractivity contribution in [3.63, 3.8) is 0 Å². The third-order valence-corrected chi connectivity index (χ3v) is 1.61. The summed E-state index contributed by atoms with van der Waals surface area (Å²) in [4.78, 5) is 6.34. The molecule has 1 radical (unpaired) electrons. The highest BCUT2D eigenvalue weighted by Gasteiger charge is 2.03. The average molecular weight is 179 g/mol. The first-order chi connectivity index (χ1) is 6.25. The van der Waals surface area contributed by atoms with Crippen molar-refractivity contribution in [3.8, 4) is 11.3 Å². The van der Waals surface area contributed by atoms with E-state index in [1.54, 1.807) is 0 Å². The van der Waals surface area contributed by atoms with Gasteiger partial charge in [-0.3, -0.25) is 0 Å². The van der Waals surface area contributed by atoms with Crippen LogP contribution in [0.2, 0.25) is 0 Å². The second-order valence-corrected chi connectivity index (χ2v) is 2.56. The fourth-order valence-corrected chi connectivity index (χ4v) is 1.08. The lowest BCUT2D eigenvalue weighted by Crippen LogP contribution is -1.83. The molecule has 0 amide bonds. The fourth-order valence-electron chi connectivity index (χ4n) is 1.08. The van der Waals surface area contributed by atoms with Crippen molar-refractivity contribution >= 4 is 0 Å². The van der Waals surface area contributed by atoms with E-state index in [0.717, 1.165) is 6.07 Å². The molecule has 2 nitrogen and oxygen atoms in total. The molecule has 2 aromatic rings. The normalized spacial score (nSPS) is 10.3. The highest BCUT2D eigenvalue weighted by atomic mass is 19.1. The maximum Gasteiger partial charge on any atom is 0.174 e. The monoisotopic (exact) mass is 179 g/mol. The molecule has 1 aromatic carbocycles. The number of nitrogens with one attached hydrogen (secondary N) is 1. The number of imidazole rings is 1. The van der Waals surface area contributed by atoms with Gasteiger partial charge in [-0.15, -0.1) is 0 Å². The average Bonchev–Trinajstić information content (AvgIpc) is 2.53. The summed E-state index contributed by atoms with van der Waals surface area (Å²) in [6, 6.07) is 3.25. The predicted octanol–water partition coefficient (Wildman–Crippen LogP) is 2.16. The molecule has 0 aliphatic heterocycles. The topological polar surface area (TPSA) is 28.7 Å². The molecule has 0 fully saturated rings. The van der Waals surface area contributed by atoms with Crippen molar-refractivity contribution in [2.45, 2.75) is 0 Å². The van der Waals surface area contributed by atoms with Crippen LogP contribution in [-0.4, -0.2) is 9.97 Å². The van der Waals surface area contributed by atoms with Crippen LogP contribution in [0.3, 0.4) is 0 Å². The first-order valence-electron chi connectivity index (χ1n) is 3.63. The number of hydrogen-bond acceptors (Lipinski definition) is 1. The molecule has 65 valence electrons. The van der Waals surface area contributed by atoms with Gasteiger partial charge in [0.2, 0.25) is 0 Å². The van der Waals surface area contributed by atoms with Gasteiger partial charge in [0, 0.05) is 17.8 Å². The van der Waals surface area contributed by atoms with E-state index in [9.17, 15) is 8.78 Å². The molecule has 0 bridgehead atoms. The molecule has 0 saturated carbocycles. The number of nitrogens with zero attached hydrogens (tertiary/aromatic N) is 1. The van der Waals surface area contributed by atoms with Gasteiger partial charge in [-0.25, -0.2) is 13.8 Å². The van der Waals surface area contributed by atoms with Crippen LogP contribution < -0.4 is 0 Å². The van der Waals surface area contributed by atoms with E-state index < -0.39 is 11.6 Å². The lowest BCUT2D eigenvalue weighted by molar-refractivity contribution is 0.584. The molecule has 0 aliphatic carbocycles. The summed E-state index contributed by atoms with van der Waals surface area (Å²) in [7, 11) is 0. The van der Waals surface area contributed by atoms with Crippen LogP contribution in [0.1, 0.15) is 0 Å². The van der Waals surface area contributed by atoms with Crippen LogP contribution in [0.15, 0.2) is 24.4 Å². The Morgan fingerprint density at radius 1 is 1.15 bits per heavy atom. The molecule has 13 heavy (non-hydrogen) atoms. The zero-order valence-electron chi connectivity index (χ0n) is 6.51. The van der Waals surface area contributed by atoms with Crippen molar-refractivity contribution in [1.82, 2.24) is 9.97 Å². The highest BCUT2D eigenvalue weighted by molar-refractivity contribution is 5.57. The van der Waals surface area contributed by atoms with E-state index in [0.29, 0.717) is 11.3 Å². The Labute approximate surface area is 73.2 Å². The van der Waals surface area contributed by atoms with Gasteiger partial charge in [0.25, 0.3) is 0 Å². The van der Waals surface area contributed by atoms with Gasteiger partial charge in [0.1, 0.15) is 11.6 Å². The van der Waals surface area contributed by atoms with Crippen molar-refractivity contribution in [3.05, 3.63) is 42.4 Å². The molecule has 0 saturated heterocycles. The highest BCUT2D eigenvalue weighted by Crippen LogP contribution is 2.18. The van der Waals surface area contributed by atoms with Crippen LogP contribution in [0.4, 0.5) is 8.78 Å². The Bertz CT molecular complexity index is 389. The quantitative estimate of drug-likeness (QED) is 0.713. The predicted molar refractivity (Wildman–Crippen MR) is 42.8 cm³/mol. The minimum absolute atomic E-state index is 0.398. The molecule has 0 atom stereocenters. The molecule has 2 rings (SSSR count). The van der Waals surface area contributed by atoms with E-state index in [4.69, 9.17) is 0 Å². The molecule has 0 spiro atoms. The number of benzene rings is 1. The molecule has 0 unspecified atom stereocenters. The number of aromatic nitrogens is 2. The number of aromatic amines is 1. The maximum absolute atomic E-state index is 12.7. The van der Waals surface area contributed by atoms with E-state index in [1.165, 1.54) is 18.3 Å². The first-order valence-corrected chi connectivity index (χ1v) is 3.63. The summed E-state index contributed by atoms with van der Waals surface area (Å²) < 4.78 is 25.5. The van der Waals surface area contributed by atoms with Gasteiger partial charge in [0.15, 0.2) is 6.33 Å². The Morgan fingerprint density at radius 2 is 1.85 bits per heavy atom. The van der Waals surface area contributed by atoms with Crippen LogP contribution in [0, 0.1) is 18.0 Å². The smallest absolute Gasteiger partial charge is 0.174 e. The Balaban J connectivity index is 2.53. The molecular formula is C9H5F2N2. The van der Waals surface area contributed by atoms with Crippen LogP contribution >= 0.6 is 0 Å². The molecule has 1 N–H and O–H groups in total. The Morgan fingerprint density at radius 3 is 2.38 bits per heavy atom. The number of hydrogen-bond donors (Lipinski definition) is 1. The van der Waals surface area contributed by atoms with Crippen LogP contribution in [0.5, 0.6) is 0 Å². The summed E-state index contributed by atoms with van der Waals surface area (Å²) in [5.41, 5.74) is 0.869. The summed E-state index contributed by atoms with van der Waals surface area (Å²) in [6.45, 7) is 0. The largest absolute Gasteiger partial charge is 0.341 e. The van der Waals surface area contributed by atoms with Gasteiger partial charge >= 0.3 is 0 Å². The minimum Gasteiger partial charge on any atom is -0.341 e. The third kappa shape index (κ3) is 1.56. The Hall–Kier alpha value is -1.71. The van der Waals surface area contributed by atoms with Gasteiger partial charge < -0.3 is 4.98 Å². The second-order valence-electron chi connectivity index (χ2n) is 2.56. The van der Waals surface area contributed by atoms with Gasteiger partial charge in [0.05, 0.1) is 5.69 Å². The maximum atomic E-state index is 12.7. The van der Waals surface area contributed by atoms with Crippen molar-refractivity contribution < 1.29 is 8.78 Å². The van der Waals surface area contributed by atoms with Crippen LogP contribution in [0.25, 0.3) is 11.3 Å². The zero-order valence-corrected chi connectivity index (χ0v) is 6.51. The standard InChI is InChI=1S/C9H5F2N2/c10-7-1-6(2-8(11)3-7)9-4-12-5-13-9/h1-4H,(H,12,13). The summed E-state index contributed by atoms with van der Waals surface area (Å²) in [5, 5.41) is 0. The third-order valence-electron chi connectivity index (χ3n) is 1.61. The van der Waals surface area contributed by atoms with E-state index in [1.807, 2.05) is 0 Å². The summed E-state index contributed by atoms with van der Waals surface area (Å²) in [6.07, 6.45) is 3.97. The number of rotatable bonds is 1. The fraction of sp³-hybridized carbons (Fsp3) is 0. The lowest BCUT2D eigenvalue weighted by Gasteiger charge is -1.96. The molecule has 1 heterocycles. The number of halogens is 2. The van der Waals surface area contributed by atoms with E-state index in [-0.39, 0.29) is 0 Å². The molecule has 1 aromatic heterocycles. The minimum atomic E-state index is -0.613.